The molecule has 0 aromatic heterocycles. The molecule has 160 valence electrons. The molecule has 1 aromatic rings. The molecule has 0 radical (unpaired) electrons. The molecule has 1 heterocycles. The van der Waals surface area contributed by atoms with E-state index in [0.29, 0.717) is 25.0 Å². The van der Waals surface area contributed by atoms with Gasteiger partial charge in [0.2, 0.25) is 0 Å². The Morgan fingerprint density at radius 2 is 1.62 bits per heavy atom. The second-order valence-corrected chi connectivity index (χ2v) is 11.5. The minimum atomic E-state index is -3.01. The molecule has 6 heteroatoms. The van der Waals surface area contributed by atoms with Crippen molar-refractivity contribution in [2.75, 3.05) is 23.7 Å². The fourth-order valence-electron chi connectivity index (χ4n) is 4.36. The van der Waals surface area contributed by atoms with Crippen LogP contribution in [0.2, 0.25) is 0 Å². The van der Waals surface area contributed by atoms with Crippen molar-refractivity contribution in [1.82, 2.24) is 0 Å². The smallest absolute Gasteiger partial charge is 0.152 e. The second-order valence-electron chi connectivity index (χ2n) is 8.93. The Balaban J connectivity index is 1.48. The number of benzene rings is 1. The first kappa shape index (κ1) is 22.0. The van der Waals surface area contributed by atoms with Gasteiger partial charge in [0.1, 0.15) is 11.6 Å². The third-order valence-corrected chi connectivity index (χ3v) is 8.86. The van der Waals surface area contributed by atoms with Gasteiger partial charge in [-0.05, 0) is 63.1 Å². The lowest BCUT2D eigenvalue weighted by molar-refractivity contribution is -0.123. The van der Waals surface area contributed by atoms with Gasteiger partial charge in [0, 0.05) is 44.0 Å². The number of hydrogen-bond donors (Lipinski definition) is 0. The van der Waals surface area contributed by atoms with Crippen molar-refractivity contribution in [3.05, 3.63) is 29.8 Å². The normalized spacial score (nSPS) is 23.4. The number of hydrogen-bond acceptors (Lipinski definition) is 5. The Labute approximate surface area is 174 Å². The summed E-state index contributed by atoms with van der Waals surface area (Å²) in [6.45, 7) is 5.01. The van der Waals surface area contributed by atoms with Gasteiger partial charge in [-0.3, -0.25) is 9.59 Å². The summed E-state index contributed by atoms with van der Waals surface area (Å²) in [4.78, 5) is 26.3. The maximum absolute atomic E-state index is 12.7. The van der Waals surface area contributed by atoms with Gasteiger partial charge in [-0.15, -0.1) is 0 Å². The summed E-state index contributed by atoms with van der Waals surface area (Å²) in [6, 6.07) is 8.13. The summed E-state index contributed by atoms with van der Waals surface area (Å²) in [5.41, 5.74) is 2.14. The fraction of sp³-hybridized carbons (Fsp3) is 0.652. The predicted octanol–water partition coefficient (Wildman–Crippen LogP) is 3.60. The number of sulfone groups is 1. The Morgan fingerprint density at radius 3 is 2.17 bits per heavy atom. The molecule has 0 N–H and O–H groups in total. The van der Waals surface area contributed by atoms with E-state index in [2.05, 4.69) is 4.90 Å². The van der Waals surface area contributed by atoms with Gasteiger partial charge in [0.15, 0.2) is 9.84 Å². The molecule has 1 saturated carbocycles. The molecule has 1 saturated heterocycles. The van der Waals surface area contributed by atoms with Crippen molar-refractivity contribution >= 4 is 27.1 Å². The highest BCUT2D eigenvalue weighted by atomic mass is 32.2. The number of nitrogens with zero attached hydrogens (tertiary/aromatic N) is 1. The van der Waals surface area contributed by atoms with Gasteiger partial charge >= 0.3 is 0 Å². The first-order valence-corrected chi connectivity index (χ1v) is 12.6. The third kappa shape index (κ3) is 5.91. The number of anilines is 1. The molecule has 1 aliphatic carbocycles. The molecule has 0 bridgehead atoms. The Kier molecular flexibility index (Phi) is 7.14. The SMILES string of the molecule is CC(C)S(=O)(=O)CC1CCC(C(=O)Cc2ccc(N3CCC(=O)CC3)cc2)CC1. The fourth-order valence-corrected chi connectivity index (χ4v) is 5.73. The lowest BCUT2D eigenvalue weighted by Crippen LogP contribution is -2.33. The number of rotatable bonds is 7. The summed E-state index contributed by atoms with van der Waals surface area (Å²) < 4.78 is 24.3. The molecule has 2 fully saturated rings. The van der Waals surface area contributed by atoms with Crippen LogP contribution in [-0.2, 0) is 25.8 Å². The van der Waals surface area contributed by atoms with Crippen molar-refractivity contribution in [2.45, 2.75) is 64.0 Å². The zero-order valence-electron chi connectivity index (χ0n) is 17.6. The van der Waals surface area contributed by atoms with Gasteiger partial charge in [0.05, 0.1) is 11.0 Å². The van der Waals surface area contributed by atoms with E-state index >= 15 is 0 Å². The minimum absolute atomic E-state index is 0.0563. The lowest BCUT2D eigenvalue weighted by Gasteiger charge is -2.29. The van der Waals surface area contributed by atoms with Gasteiger partial charge in [-0.25, -0.2) is 8.42 Å². The zero-order chi connectivity index (χ0) is 21.0. The Hall–Kier alpha value is -1.69. The maximum Gasteiger partial charge on any atom is 0.152 e. The van der Waals surface area contributed by atoms with E-state index in [4.69, 9.17) is 0 Å². The summed E-state index contributed by atoms with van der Waals surface area (Å²) in [5, 5.41) is -0.324. The molecule has 1 aromatic carbocycles. The summed E-state index contributed by atoms with van der Waals surface area (Å²) in [6.07, 6.45) is 4.93. The Bertz CT molecular complexity index is 811. The van der Waals surface area contributed by atoms with Crippen LogP contribution in [-0.4, -0.2) is 44.1 Å². The molecule has 5 nitrogen and oxygen atoms in total. The van der Waals surface area contributed by atoms with Crippen molar-refractivity contribution < 1.29 is 18.0 Å². The zero-order valence-corrected chi connectivity index (χ0v) is 18.4. The van der Waals surface area contributed by atoms with Crippen LogP contribution in [0.3, 0.4) is 0 Å². The average molecular weight is 420 g/mol. The van der Waals surface area contributed by atoms with Crippen molar-refractivity contribution in [3.8, 4) is 0 Å². The van der Waals surface area contributed by atoms with Crippen LogP contribution in [0.5, 0.6) is 0 Å². The van der Waals surface area contributed by atoms with E-state index in [9.17, 15) is 18.0 Å². The van der Waals surface area contributed by atoms with Gasteiger partial charge < -0.3 is 4.90 Å². The molecular formula is C23H33NO4S. The third-order valence-electron chi connectivity index (χ3n) is 6.49. The number of carbonyl (C=O) groups is 2. The van der Waals surface area contributed by atoms with Crippen molar-refractivity contribution in [3.63, 3.8) is 0 Å². The van der Waals surface area contributed by atoms with E-state index in [1.165, 1.54) is 0 Å². The highest BCUT2D eigenvalue weighted by Gasteiger charge is 2.30. The summed E-state index contributed by atoms with van der Waals surface area (Å²) >= 11 is 0. The highest BCUT2D eigenvalue weighted by Crippen LogP contribution is 2.31. The lowest BCUT2D eigenvalue weighted by atomic mass is 9.79. The molecule has 0 spiro atoms. The molecule has 0 atom stereocenters. The van der Waals surface area contributed by atoms with E-state index in [-0.39, 0.29) is 28.6 Å². The second kappa shape index (κ2) is 9.41. The molecule has 29 heavy (non-hydrogen) atoms. The number of ketones is 2. The number of carbonyl (C=O) groups excluding carboxylic acids is 2. The average Bonchev–Trinajstić information content (AvgIpc) is 2.69. The van der Waals surface area contributed by atoms with Crippen LogP contribution in [0.15, 0.2) is 24.3 Å². The first-order valence-electron chi connectivity index (χ1n) is 10.8. The van der Waals surface area contributed by atoms with Crippen LogP contribution in [0.1, 0.15) is 57.9 Å². The monoisotopic (exact) mass is 419 g/mol. The van der Waals surface area contributed by atoms with E-state index in [1.54, 1.807) is 13.8 Å². The number of Topliss-reactive ketones (excluding diaryl/α,β-unsaturated/α-hetero) is 2. The Morgan fingerprint density at radius 1 is 1.03 bits per heavy atom. The predicted molar refractivity (Wildman–Crippen MR) is 116 cm³/mol. The largest absolute Gasteiger partial charge is 0.371 e. The number of piperidine rings is 1. The van der Waals surface area contributed by atoms with Crippen LogP contribution >= 0.6 is 0 Å². The van der Waals surface area contributed by atoms with E-state index < -0.39 is 9.84 Å². The topological polar surface area (TPSA) is 71.5 Å². The van der Waals surface area contributed by atoms with E-state index in [1.807, 2.05) is 24.3 Å². The molecule has 1 aliphatic heterocycles. The molecule has 2 aliphatic rings. The van der Waals surface area contributed by atoms with Crippen LogP contribution in [0.4, 0.5) is 5.69 Å². The van der Waals surface area contributed by atoms with Crippen LogP contribution in [0.25, 0.3) is 0 Å². The molecule has 3 rings (SSSR count). The van der Waals surface area contributed by atoms with Gasteiger partial charge in [-0.1, -0.05) is 12.1 Å². The first-order chi connectivity index (χ1) is 13.7. The highest BCUT2D eigenvalue weighted by molar-refractivity contribution is 7.91. The quantitative estimate of drug-likeness (QED) is 0.675. The van der Waals surface area contributed by atoms with Crippen molar-refractivity contribution in [2.24, 2.45) is 11.8 Å². The van der Waals surface area contributed by atoms with Crippen LogP contribution in [0, 0.1) is 11.8 Å². The van der Waals surface area contributed by atoms with Gasteiger partial charge in [0.25, 0.3) is 0 Å². The van der Waals surface area contributed by atoms with Crippen molar-refractivity contribution in [1.29, 1.82) is 0 Å². The molecule has 0 amide bonds. The minimum Gasteiger partial charge on any atom is -0.371 e. The molecular weight excluding hydrogens is 386 g/mol. The standard InChI is InChI=1S/C23H33NO4S/c1-17(2)29(27,28)16-19-3-7-20(8-4-19)23(26)15-18-5-9-21(10-6-18)24-13-11-22(25)12-14-24/h5-6,9-10,17,19-20H,3-4,7-8,11-16H2,1-2H3. The van der Waals surface area contributed by atoms with E-state index in [0.717, 1.165) is 50.0 Å². The summed E-state index contributed by atoms with van der Waals surface area (Å²) in [7, 11) is -3.01. The maximum atomic E-state index is 12.7. The summed E-state index contributed by atoms with van der Waals surface area (Å²) in [5.74, 6) is 1.12. The molecule has 0 unspecified atom stereocenters. The van der Waals surface area contributed by atoms with Gasteiger partial charge in [-0.2, -0.15) is 0 Å². The van der Waals surface area contributed by atoms with Crippen LogP contribution < -0.4 is 4.90 Å².